The summed E-state index contributed by atoms with van der Waals surface area (Å²) < 4.78 is 1.14. The number of anilines is 1. The quantitative estimate of drug-likeness (QED) is 0.742. The van der Waals surface area contributed by atoms with E-state index in [1.54, 1.807) is 23.5 Å². The molecule has 0 unspecified atom stereocenters. The van der Waals surface area contributed by atoms with Gasteiger partial charge in [-0.2, -0.15) is 10.1 Å². The zero-order valence-corrected chi connectivity index (χ0v) is 12.3. The van der Waals surface area contributed by atoms with Crippen molar-refractivity contribution in [1.29, 1.82) is 0 Å². The van der Waals surface area contributed by atoms with Gasteiger partial charge in [-0.3, -0.25) is 4.79 Å². The van der Waals surface area contributed by atoms with Crippen molar-refractivity contribution in [3.63, 3.8) is 0 Å². The van der Waals surface area contributed by atoms with Crippen LogP contribution in [-0.4, -0.2) is 23.1 Å². The average molecular weight is 290 g/mol. The van der Waals surface area contributed by atoms with Crippen LogP contribution < -0.4 is 5.01 Å². The fraction of sp³-hybridized carbons (Fsp3) is 0.286. The summed E-state index contributed by atoms with van der Waals surface area (Å²) in [5.74, 6) is 2.19. The van der Waals surface area contributed by atoms with E-state index in [2.05, 4.69) is 5.10 Å². The fourth-order valence-electron chi connectivity index (χ4n) is 2.06. The van der Waals surface area contributed by atoms with Crippen LogP contribution in [0.5, 0.6) is 0 Å². The summed E-state index contributed by atoms with van der Waals surface area (Å²) in [7, 11) is 0. The second kappa shape index (κ2) is 5.43. The molecule has 0 bridgehead atoms. The third-order valence-corrected chi connectivity index (χ3v) is 5.60. The number of hydrazone groups is 1. The van der Waals surface area contributed by atoms with Crippen molar-refractivity contribution in [2.24, 2.45) is 5.10 Å². The Morgan fingerprint density at radius 3 is 2.53 bits per heavy atom. The Labute approximate surface area is 121 Å². The molecule has 98 valence electrons. The van der Waals surface area contributed by atoms with Crippen LogP contribution in [0.4, 0.5) is 5.69 Å². The highest BCUT2D eigenvalue weighted by atomic mass is 32.2. The van der Waals surface area contributed by atoms with Crippen molar-refractivity contribution in [3.05, 3.63) is 40.1 Å². The number of hydrogen-bond donors (Lipinski definition) is 0. The minimum absolute atomic E-state index is 0.000556. The zero-order valence-electron chi connectivity index (χ0n) is 10.6. The molecule has 1 fully saturated rings. The Kier molecular flexibility index (Phi) is 3.66. The monoisotopic (exact) mass is 290 g/mol. The second-order valence-corrected chi connectivity index (χ2v) is 6.82. The number of benzene rings is 1. The lowest BCUT2D eigenvalue weighted by atomic mass is 10.2. The van der Waals surface area contributed by atoms with Crippen LogP contribution in [-0.2, 0) is 4.79 Å². The second-order valence-electron chi connectivity index (χ2n) is 4.35. The third-order valence-electron chi connectivity index (χ3n) is 2.98. The van der Waals surface area contributed by atoms with Crippen LogP contribution in [0.1, 0.15) is 13.3 Å². The first-order chi connectivity index (χ1) is 9.27. The Bertz CT molecular complexity index is 558. The molecule has 0 aliphatic carbocycles. The molecule has 0 spiro atoms. The molecular formula is C14H14N2OS2. The van der Waals surface area contributed by atoms with Gasteiger partial charge in [0.05, 0.1) is 21.2 Å². The summed E-state index contributed by atoms with van der Waals surface area (Å²) in [5.41, 5.74) is 2.44. The van der Waals surface area contributed by atoms with Crippen LogP contribution in [0.25, 0.3) is 0 Å². The summed E-state index contributed by atoms with van der Waals surface area (Å²) in [6.07, 6.45) is 1.21. The zero-order chi connectivity index (χ0) is 13.2. The number of carbonyl (C=O) groups excluding carboxylic acids is 1. The molecule has 0 N–H and O–H groups in total. The number of hydrogen-bond acceptors (Lipinski definition) is 4. The molecule has 2 heterocycles. The highest BCUT2D eigenvalue weighted by Crippen LogP contribution is 2.39. The van der Waals surface area contributed by atoms with E-state index in [1.807, 2.05) is 37.3 Å². The molecular weight excluding hydrogens is 276 g/mol. The fourth-order valence-corrected chi connectivity index (χ4v) is 4.78. The number of carbonyl (C=O) groups is 1. The normalized spacial score (nSPS) is 19.9. The molecule has 0 aromatic heterocycles. The lowest BCUT2D eigenvalue weighted by Crippen LogP contribution is -2.22. The summed E-state index contributed by atoms with van der Waals surface area (Å²) in [5, 5.41) is 5.92. The molecule has 2 aliphatic rings. The summed E-state index contributed by atoms with van der Waals surface area (Å²) >= 11 is 3.56. The van der Waals surface area contributed by atoms with Gasteiger partial charge in [0.15, 0.2) is 0 Å². The van der Waals surface area contributed by atoms with E-state index in [-0.39, 0.29) is 5.91 Å². The smallest absolute Gasteiger partial charge is 0.267 e. The maximum Gasteiger partial charge on any atom is 0.282 e. The molecule has 0 radical (unpaired) electrons. The van der Waals surface area contributed by atoms with Gasteiger partial charge in [-0.05, 0) is 37.0 Å². The van der Waals surface area contributed by atoms with Crippen LogP contribution >= 0.6 is 23.5 Å². The number of rotatable bonds is 1. The van der Waals surface area contributed by atoms with Crippen molar-refractivity contribution in [3.8, 4) is 0 Å². The van der Waals surface area contributed by atoms with E-state index >= 15 is 0 Å². The summed E-state index contributed by atoms with van der Waals surface area (Å²) in [4.78, 5) is 12.5. The Hall–Kier alpha value is -1.20. The van der Waals surface area contributed by atoms with Gasteiger partial charge in [0.2, 0.25) is 0 Å². The van der Waals surface area contributed by atoms with Crippen LogP contribution in [0.3, 0.4) is 0 Å². The first-order valence-electron chi connectivity index (χ1n) is 6.22. The van der Waals surface area contributed by atoms with E-state index in [9.17, 15) is 4.79 Å². The predicted molar refractivity (Wildman–Crippen MR) is 83.6 cm³/mol. The summed E-state index contributed by atoms with van der Waals surface area (Å²) in [6, 6.07) is 9.59. The highest BCUT2D eigenvalue weighted by Gasteiger charge is 2.32. The molecule has 1 amide bonds. The molecule has 3 rings (SSSR count). The lowest BCUT2D eigenvalue weighted by molar-refractivity contribution is -0.114. The summed E-state index contributed by atoms with van der Waals surface area (Å²) in [6.45, 7) is 1.92. The topological polar surface area (TPSA) is 32.7 Å². The van der Waals surface area contributed by atoms with Gasteiger partial charge in [0.25, 0.3) is 5.91 Å². The molecule has 0 atom stereocenters. The van der Waals surface area contributed by atoms with Crippen molar-refractivity contribution in [1.82, 2.24) is 0 Å². The van der Waals surface area contributed by atoms with Crippen LogP contribution in [0.2, 0.25) is 0 Å². The molecule has 1 saturated heterocycles. The van der Waals surface area contributed by atoms with Crippen LogP contribution in [0, 0.1) is 0 Å². The van der Waals surface area contributed by atoms with Gasteiger partial charge in [-0.15, -0.1) is 23.5 Å². The molecule has 0 saturated carbocycles. The Morgan fingerprint density at radius 2 is 1.84 bits per heavy atom. The Morgan fingerprint density at radius 1 is 1.16 bits per heavy atom. The van der Waals surface area contributed by atoms with Gasteiger partial charge >= 0.3 is 0 Å². The first kappa shape index (κ1) is 12.8. The van der Waals surface area contributed by atoms with E-state index in [0.717, 1.165) is 32.7 Å². The number of amides is 1. The first-order valence-corrected chi connectivity index (χ1v) is 8.19. The number of para-hydroxylation sites is 1. The lowest BCUT2D eigenvalue weighted by Gasteiger charge is -2.16. The highest BCUT2D eigenvalue weighted by molar-refractivity contribution is 8.22. The third kappa shape index (κ3) is 2.44. The molecule has 3 nitrogen and oxygen atoms in total. The molecule has 5 heteroatoms. The largest absolute Gasteiger partial charge is 0.282 e. The maximum atomic E-state index is 12.5. The SMILES string of the molecule is CC1=NN(c2ccccc2)C(=O)C1=C1SCCCS1. The minimum Gasteiger partial charge on any atom is -0.267 e. The van der Waals surface area contributed by atoms with Gasteiger partial charge in [0.1, 0.15) is 0 Å². The van der Waals surface area contributed by atoms with Crippen molar-refractivity contribution in [2.75, 3.05) is 16.5 Å². The van der Waals surface area contributed by atoms with E-state index in [1.165, 1.54) is 11.4 Å². The van der Waals surface area contributed by atoms with Crippen LogP contribution in [0.15, 0.2) is 45.2 Å². The van der Waals surface area contributed by atoms with Gasteiger partial charge in [-0.1, -0.05) is 18.2 Å². The molecule has 1 aromatic carbocycles. The van der Waals surface area contributed by atoms with Gasteiger partial charge < -0.3 is 0 Å². The number of nitrogens with zero attached hydrogens (tertiary/aromatic N) is 2. The Balaban J connectivity index is 1.95. The predicted octanol–water partition coefficient (Wildman–Crippen LogP) is 3.49. The van der Waals surface area contributed by atoms with Gasteiger partial charge in [-0.25, -0.2) is 0 Å². The van der Waals surface area contributed by atoms with E-state index < -0.39 is 0 Å². The van der Waals surface area contributed by atoms with E-state index in [0.29, 0.717) is 0 Å². The van der Waals surface area contributed by atoms with Crippen molar-refractivity contribution in [2.45, 2.75) is 13.3 Å². The van der Waals surface area contributed by atoms with Gasteiger partial charge in [0, 0.05) is 0 Å². The minimum atomic E-state index is 0.000556. The number of thioether (sulfide) groups is 2. The van der Waals surface area contributed by atoms with E-state index in [4.69, 9.17) is 0 Å². The standard InChI is InChI=1S/C14H14N2OS2/c1-10-12(14-18-8-5-9-19-14)13(17)16(15-10)11-6-3-2-4-7-11/h2-4,6-7H,5,8-9H2,1H3. The van der Waals surface area contributed by atoms with Crippen molar-refractivity contribution >= 4 is 40.8 Å². The maximum absolute atomic E-state index is 12.5. The molecule has 1 aromatic rings. The average Bonchev–Trinajstić information content (AvgIpc) is 2.76. The molecule has 2 aliphatic heterocycles. The molecule has 19 heavy (non-hydrogen) atoms. The van der Waals surface area contributed by atoms with Crippen molar-refractivity contribution < 1.29 is 4.79 Å².